The smallest absolute Gasteiger partial charge is 0.191 e. The van der Waals surface area contributed by atoms with Gasteiger partial charge in [0, 0.05) is 51.3 Å². The minimum atomic E-state index is 0. The molecule has 1 unspecified atom stereocenters. The number of guanidine groups is 1. The SMILES string of the molecule is CCc1noc(CC)c1CNC(=NC)NCC(C(C)C)N1CCOCC1.I. The molecule has 1 saturated heterocycles. The molecule has 1 aliphatic heterocycles. The first kappa shape index (κ1) is 24.2. The fourth-order valence-electron chi connectivity index (χ4n) is 3.43. The highest BCUT2D eigenvalue weighted by Crippen LogP contribution is 2.15. The maximum absolute atomic E-state index is 5.49. The highest BCUT2D eigenvalue weighted by atomic mass is 127. The highest BCUT2D eigenvalue weighted by Gasteiger charge is 2.24. The van der Waals surface area contributed by atoms with E-state index in [4.69, 9.17) is 9.26 Å². The lowest BCUT2D eigenvalue weighted by Crippen LogP contribution is -2.52. The van der Waals surface area contributed by atoms with Crippen molar-refractivity contribution in [1.29, 1.82) is 0 Å². The number of halogens is 1. The zero-order chi connectivity index (χ0) is 18.9. The maximum Gasteiger partial charge on any atom is 0.191 e. The number of aromatic nitrogens is 1. The lowest BCUT2D eigenvalue weighted by atomic mass is 10.0. The summed E-state index contributed by atoms with van der Waals surface area (Å²) in [5.41, 5.74) is 2.18. The number of hydrogen-bond donors (Lipinski definition) is 2. The summed E-state index contributed by atoms with van der Waals surface area (Å²) in [6.45, 7) is 13.9. The molecule has 0 saturated carbocycles. The van der Waals surface area contributed by atoms with Gasteiger partial charge in [-0.05, 0) is 12.3 Å². The Morgan fingerprint density at radius 3 is 2.44 bits per heavy atom. The summed E-state index contributed by atoms with van der Waals surface area (Å²) in [5, 5.41) is 11.1. The number of rotatable bonds is 8. The van der Waals surface area contributed by atoms with Gasteiger partial charge in [-0.15, -0.1) is 24.0 Å². The first-order chi connectivity index (χ1) is 12.6. The Morgan fingerprint density at radius 2 is 1.89 bits per heavy atom. The van der Waals surface area contributed by atoms with Crippen LogP contribution < -0.4 is 10.6 Å². The highest BCUT2D eigenvalue weighted by molar-refractivity contribution is 14.0. The number of ether oxygens (including phenoxy) is 1. The predicted octanol–water partition coefficient (Wildman–Crippen LogP) is 2.44. The van der Waals surface area contributed by atoms with E-state index in [1.807, 2.05) is 7.05 Å². The van der Waals surface area contributed by atoms with Crippen LogP contribution in [0.3, 0.4) is 0 Å². The number of nitrogens with one attached hydrogen (secondary N) is 2. The van der Waals surface area contributed by atoms with Crippen LogP contribution in [0.5, 0.6) is 0 Å². The Morgan fingerprint density at radius 1 is 1.19 bits per heavy atom. The molecule has 0 bridgehead atoms. The fourth-order valence-corrected chi connectivity index (χ4v) is 3.43. The molecule has 0 amide bonds. The molecule has 0 radical (unpaired) electrons. The van der Waals surface area contributed by atoms with E-state index < -0.39 is 0 Å². The molecule has 1 aliphatic rings. The van der Waals surface area contributed by atoms with Crippen LogP contribution in [0, 0.1) is 5.92 Å². The summed E-state index contributed by atoms with van der Waals surface area (Å²) < 4.78 is 10.9. The molecule has 1 aromatic heterocycles. The van der Waals surface area contributed by atoms with Gasteiger partial charge < -0.3 is 19.9 Å². The predicted molar refractivity (Wildman–Crippen MR) is 120 cm³/mol. The molecule has 0 aliphatic carbocycles. The van der Waals surface area contributed by atoms with Crippen molar-refractivity contribution in [2.45, 2.75) is 53.1 Å². The van der Waals surface area contributed by atoms with Crippen LogP contribution in [0.15, 0.2) is 9.52 Å². The third kappa shape index (κ3) is 6.90. The number of nitrogens with zero attached hydrogens (tertiary/aromatic N) is 3. The Labute approximate surface area is 180 Å². The van der Waals surface area contributed by atoms with Gasteiger partial charge in [0.25, 0.3) is 0 Å². The zero-order valence-electron chi connectivity index (χ0n) is 17.4. The van der Waals surface area contributed by atoms with E-state index in [1.54, 1.807) is 0 Å². The Kier molecular flexibility index (Phi) is 11.2. The van der Waals surface area contributed by atoms with Gasteiger partial charge in [0.15, 0.2) is 5.96 Å². The second-order valence-electron chi connectivity index (χ2n) is 7.00. The maximum atomic E-state index is 5.49. The van der Waals surface area contributed by atoms with Gasteiger partial charge in [0.2, 0.25) is 0 Å². The molecule has 1 aromatic rings. The quantitative estimate of drug-likeness (QED) is 0.329. The molecular weight excluding hydrogens is 457 g/mol. The minimum Gasteiger partial charge on any atom is -0.379 e. The molecule has 27 heavy (non-hydrogen) atoms. The standard InChI is InChI=1S/C19H35N5O2.HI/c1-6-16-15(18(7-2)26-23-16)12-21-19(20-5)22-13-17(14(3)4)24-8-10-25-11-9-24;/h14,17H,6-13H2,1-5H3,(H2,20,21,22);1H. The van der Waals surface area contributed by atoms with E-state index in [1.165, 1.54) is 0 Å². The van der Waals surface area contributed by atoms with E-state index in [0.717, 1.165) is 68.7 Å². The van der Waals surface area contributed by atoms with Crippen LogP contribution in [0.4, 0.5) is 0 Å². The first-order valence-electron chi connectivity index (χ1n) is 9.83. The van der Waals surface area contributed by atoms with Gasteiger partial charge in [0.1, 0.15) is 5.76 Å². The van der Waals surface area contributed by atoms with Crippen molar-refractivity contribution in [3.63, 3.8) is 0 Å². The second-order valence-corrected chi connectivity index (χ2v) is 7.00. The van der Waals surface area contributed by atoms with Gasteiger partial charge in [0.05, 0.1) is 18.9 Å². The number of aliphatic imine (C=N–C) groups is 1. The minimum absolute atomic E-state index is 0. The summed E-state index contributed by atoms with van der Waals surface area (Å²) >= 11 is 0. The van der Waals surface area contributed by atoms with Crippen LogP contribution >= 0.6 is 24.0 Å². The molecule has 1 fully saturated rings. The number of aryl methyl sites for hydroxylation is 2. The summed E-state index contributed by atoms with van der Waals surface area (Å²) in [6.07, 6.45) is 1.72. The average molecular weight is 493 g/mol. The second kappa shape index (κ2) is 12.6. The number of hydrogen-bond acceptors (Lipinski definition) is 5. The Hall–Kier alpha value is -0.870. The molecule has 0 aromatic carbocycles. The topological polar surface area (TPSA) is 74.9 Å². The van der Waals surface area contributed by atoms with Crippen molar-refractivity contribution in [1.82, 2.24) is 20.7 Å². The molecule has 7 nitrogen and oxygen atoms in total. The van der Waals surface area contributed by atoms with Crippen molar-refractivity contribution in [3.05, 3.63) is 17.0 Å². The molecule has 2 N–H and O–H groups in total. The first-order valence-corrected chi connectivity index (χ1v) is 9.83. The van der Waals surface area contributed by atoms with E-state index in [0.29, 0.717) is 18.5 Å². The van der Waals surface area contributed by atoms with Crippen molar-refractivity contribution >= 4 is 29.9 Å². The van der Waals surface area contributed by atoms with Gasteiger partial charge >= 0.3 is 0 Å². The molecule has 2 rings (SSSR count). The van der Waals surface area contributed by atoms with Gasteiger partial charge in [-0.3, -0.25) is 9.89 Å². The van der Waals surface area contributed by atoms with E-state index >= 15 is 0 Å². The van der Waals surface area contributed by atoms with Crippen molar-refractivity contribution < 1.29 is 9.26 Å². The summed E-state index contributed by atoms with van der Waals surface area (Å²) in [5.74, 6) is 2.34. The molecule has 2 heterocycles. The third-order valence-electron chi connectivity index (χ3n) is 5.03. The molecule has 1 atom stereocenters. The molecule has 156 valence electrons. The largest absolute Gasteiger partial charge is 0.379 e. The van der Waals surface area contributed by atoms with Crippen LogP contribution in [0.1, 0.15) is 44.7 Å². The van der Waals surface area contributed by atoms with E-state index in [-0.39, 0.29) is 24.0 Å². The number of morpholine rings is 1. The fraction of sp³-hybridized carbons (Fsp3) is 0.789. The third-order valence-corrected chi connectivity index (χ3v) is 5.03. The summed E-state index contributed by atoms with van der Waals surface area (Å²) in [6, 6.07) is 0.463. The van der Waals surface area contributed by atoms with Crippen LogP contribution in [-0.2, 0) is 24.1 Å². The van der Waals surface area contributed by atoms with Crippen LogP contribution in [0.25, 0.3) is 0 Å². The normalized spacial score (nSPS) is 16.9. The van der Waals surface area contributed by atoms with Crippen molar-refractivity contribution in [2.75, 3.05) is 39.9 Å². The van der Waals surface area contributed by atoms with E-state index in [2.05, 4.69) is 53.4 Å². The lowest BCUT2D eigenvalue weighted by molar-refractivity contribution is 0.00752. The van der Waals surface area contributed by atoms with E-state index in [9.17, 15) is 0 Å². The summed E-state index contributed by atoms with van der Waals surface area (Å²) in [4.78, 5) is 6.89. The van der Waals surface area contributed by atoms with Crippen LogP contribution in [-0.4, -0.2) is 62.0 Å². The monoisotopic (exact) mass is 493 g/mol. The van der Waals surface area contributed by atoms with Gasteiger partial charge in [-0.1, -0.05) is 32.9 Å². The van der Waals surface area contributed by atoms with Gasteiger partial charge in [-0.2, -0.15) is 0 Å². The van der Waals surface area contributed by atoms with Gasteiger partial charge in [-0.25, -0.2) is 0 Å². The lowest BCUT2D eigenvalue weighted by Gasteiger charge is -2.37. The summed E-state index contributed by atoms with van der Waals surface area (Å²) in [7, 11) is 1.81. The molecular formula is C19H36IN5O2. The Balaban J connectivity index is 0.00000364. The average Bonchev–Trinajstić information content (AvgIpc) is 3.07. The van der Waals surface area contributed by atoms with Crippen LogP contribution in [0.2, 0.25) is 0 Å². The van der Waals surface area contributed by atoms with Crippen molar-refractivity contribution in [2.24, 2.45) is 10.9 Å². The van der Waals surface area contributed by atoms with Crippen molar-refractivity contribution in [3.8, 4) is 0 Å². The molecule has 8 heteroatoms. The molecule has 0 spiro atoms. The zero-order valence-corrected chi connectivity index (χ0v) is 19.7. The Bertz CT molecular complexity index is 549.